The van der Waals surface area contributed by atoms with Crippen LogP contribution in [0, 0.1) is 0 Å². The highest BCUT2D eigenvalue weighted by molar-refractivity contribution is 5.62. The first kappa shape index (κ1) is 18.9. The second kappa shape index (κ2) is 9.17. The van der Waals surface area contributed by atoms with E-state index in [0.717, 1.165) is 43.1 Å². The van der Waals surface area contributed by atoms with Gasteiger partial charge in [-0.2, -0.15) is 0 Å². The molecule has 27 heavy (non-hydrogen) atoms. The van der Waals surface area contributed by atoms with Crippen LogP contribution in [0.3, 0.4) is 0 Å². The van der Waals surface area contributed by atoms with Crippen molar-refractivity contribution in [3.8, 4) is 11.5 Å². The molecule has 0 spiro atoms. The average Bonchev–Trinajstić information content (AvgIpc) is 3.04. The lowest BCUT2D eigenvalue weighted by Gasteiger charge is -2.23. The zero-order valence-electron chi connectivity index (χ0n) is 16.2. The molecule has 142 valence electrons. The normalized spacial score (nSPS) is 15.5. The molecule has 0 saturated heterocycles. The number of ether oxygens (including phenoxy) is 2. The van der Waals surface area contributed by atoms with Crippen LogP contribution in [0.1, 0.15) is 26.7 Å². The molecule has 0 radical (unpaired) electrons. The fourth-order valence-corrected chi connectivity index (χ4v) is 3.27. The van der Waals surface area contributed by atoms with Gasteiger partial charge in [-0.25, -0.2) is 0 Å². The van der Waals surface area contributed by atoms with Crippen molar-refractivity contribution in [1.82, 2.24) is 0 Å². The summed E-state index contributed by atoms with van der Waals surface area (Å²) in [7, 11) is 0. The second-order valence-corrected chi connectivity index (χ2v) is 6.40. The van der Waals surface area contributed by atoms with Crippen molar-refractivity contribution < 1.29 is 9.47 Å². The molecule has 0 saturated carbocycles. The van der Waals surface area contributed by atoms with Gasteiger partial charge >= 0.3 is 0 Å². The third-order valence-corrected chi connectivity index (χ3v) is 4.51. The minimum Gasteiger partial charge on any atom is -0.468 e. The Hall–Kier alpha value is -2.88. The summed E-state index contributed by atoms with van der Waals surface area (Å²) in [5, 5.41) is 3.29. The molecule has 2 aromatic carbocycles. The van der Waals surface area contributed by atoms with Crippen LogP contribution >= 0.6 is 0 Å². The van der Waals surface area contributed by atoms with Crippen LogP contribution in [-0.4, -0.2) is 19.3 Å². The Morgan fingerprint density at radius 2 is 1.96 bits per heavy atom. The van der Waals surface area contributed by atoms with Gasteiger partial charge in [0.25, 0.3) is 0 Å². The zero-order valence-corrected chi connectivity index (χ0v) is 16.2. The molecule has 1 heterocycles. The van der Waals surface area contributed by atoms with Gasteiger partial charge in [-0.1, -0.05) is 36.9 Å². The third kappa shape index (κ3) is 4.64. The van der Waals surface area contributed by atoms with Crippen molar-refractivity contribution in [2.75, 3.05) is 23.3 Å². The molecule has 0 aliphatic carbocycles. The van der Waals surface area contributed by atoms with Crippen LogP contribution in [-0.2, 0) is 0 Å². The number of anilines is 2. The minimum absolute atomic E-state index is 0.0840. The summed E-state index contributed by atoms with van der Waals surface area (Å²) in [5.74, 6) is 2.39. The van der Waals surface area contributed by atoms with Gasteiger partial charge in [0.1, 0.15) is 17.3 Å². The molecule has 4 heteroatoms. The van der Waals surface area contributed by atoms with Crippen molar-refractivity contribution in [1.29, 1.82) is 0 Å². The van der Waals surface area contributed by atoms with Crippen LogP contribution < -0.4 is 19.7 Å². The van der Waals surface area contributed by atoms with Gasteiger partial charge < -0.3 is 19.7 Å². The Labute approximate surface area is 162 Å². The Kier molecular flexibility index (Phi) is 6.42. The first-order chi connectivity index (χ1) is 13.2. The summed E-state index contributed by atoms with van der Waals surface area (Å²) in [5.41, 5.74) is 2.16. The van der Waals surface area contributed by atoms with Crippen LogP contribution in [0.5, 0.6) is 11.5 Å². The Morgan fingerprint density at radius 1 is 1.19 bits per heavy atom. The highest BCUT2D eigenvalue weighted by atomic mass is 16.5. The maximum absolute atomic E-state index is 6.09. The predicted octanol–water partition coefficient (Wildman–Crippen LogP) is 5.59. The van der Waals surface area contributed by atoms with Crippen LogP contribution in [0.2, 0.25) is 0 Å². The largest absolute Gasteiger partial charge is 0.468 e. The Balaban J connectivity index is 1.51. The number of hydrogen-bond acceptors (Lipinski definition) is 4. The summed E-state index contributed by atoms with van der Waals surface area (Å²) < 4.78 is 12.0. The van der Waals surface area contributed by atoms with Gasteiger partial charge in [0.05, 0.1) is 11.4 Å². The van der Waals surface area contributed by atoms with E-state index in [4.69, 9.17) is 9.47 Å². The highest BCUT2D eigenvalue weighted by Gasteiger charge is 2.28. The first-order valence-electron chi connectivity index (χ1n) is 9.61. The van der Waals surface area contributed by atoms with Gasteiger partial charge in [-0.3, -0.25) is 0 Å². The van der Waals surface area contributed by atoms with E-state index in [-0.39, 0.29) is 6.23 Å². The van der Waals surface area contributed by atoms with E-state index in [1.165, 1.54) is 5.69 Å². The molecular formula is C23H28N2O2. The van der Waals surface area contributed by atoms with Crippen LogP contribution in [0.25, 0.3) is 0 Å². The van der Waals surface area contributed by atoms with Gasteiger partial charge in [0, 0.05) is 19.5 Å². The van der Waals surface area contributed by atoms with E-state index in [2.05, 4.69) is 48.9 Å². The first-order valence-corrected chi connectivity index (χ1v) is 9.61. The van der Waals surface area contributed by atoms with Gasteiger partial charge in [0.2, 0.25) is 0 Å². The van der Waals surface area contributed by atoms with Crippen LogP contribution in [0.15, 0.2) is 73.0 Å². The summed E-state index contributed by atoms with van der Waals surface area (Å²) in [4.78, 5) is 2.31. The Bertz CT molecular complexity index is 800. The van der Waals surface area contributed by atoms with Crippen molar-refractivity contribution >= 4 is 11.4 Å². The summed E-state index contributed by atoms with van der Waals surface area (Å²) >= 11 is 0. The van der Waals surface area contributed by atoms with E-state index in [1.807, 2.05) is 42.5 Å². The molecule has 0 bridgehead atoms. The van der Waals surface area contributed by atoms with Crippen molar-refractivity contribution in [2.45, 2.75) is 32.9 Å². The van der Waals surface area contributed by atoms with Crippen molar-refractivity contribution in [3.63, 3.8) is 0 Å². The molecule has 0 fully saturated rings. The average molecular weight is 364 g/mol. The molecule has 0 amide bonds. The van der Waals surface area contributed by atoms with E-state index < -0.39 is 0 Å². The molecule has 3 rings (SSSR count). The van der Waals surface area contributed by atoms with Gasteiger partial charge in [-0.15, -0.1) is 0 Å². The number of fused-ring (bicyclic) bond motifs is 1. The fourth-order valence-electron chi connectivity index (χ4n) is 3.27. The second-order valence-electron chi connectivity index (χ2n) is 6.40. The zero-order chi connectivity index (χ0) is 19.1. The maximum Gasteiger partial charge on any atom is 0.172 e. The number of nitrogens with one attached hydrogen (secondary N) is 1. The van der Waals surface area contributed by atoms with Gasteiger partial charge in [-0.05, 0) is 50.6 Å². The van der Waals surface area contributed by atoms with Crippen molar-refractivity contribution in [2.24, 2.45) is 0 Å². The van der Waals surface area contributed by atoms with Gasteiger partial charge in [0.15, 0.2) is 6.23 Å². The molecule has 1 N–H and O–H groups in total. The lowest BCUT2D eigenvalue weighted by Crippen LogP contribution is -2.34. The minimum atomic E-state index is 0.0840. The SMILES string of the molecule is C=C(C=CCCC1Oc2ccccc2N1CC)Oc1ccccc1NCC. The molecule has 1 atom stereocenters. The predicted molar refractivity (Wildman–Crippen MR) is 113 cm³/mol. The van der Waals surface area contributed by atoms with E-state index >= 15 is 0 Å². The smallest absolute Gasteiger partial charge is 0.172 e. The molecule has 4 nitrogen and oxygen atoms in total. The number of rotatable bonds is 9. The highest BCUT2D eigenvalue weighted by Crippen LogP contribution is 2.37. The number of benzene rings is 2. The summed E-state index contributed by atoms with van der Waals surface area (Å²) in [6.45, 7) is 10.0. The molecule has 2 aromatic rings. The number of allylic oxidation sites excluding steroid dienone is 2. The molecular weight excluding hydrogens is 336 g/mol. The van der Waals surface area contributed by atoms with Crippen LogP contribution in [0.4, 0.5) is 11.4 Å². The third-order valence-electron chi connectivity index (χ3n) is 4.51. The van der Waals surface area contributed by atoms with E-state index in [1.54, 1.807) is 0 Å². The van der Waals surface area contributed by atoms with E-state index in [9.17, 15) is 0 Å². The summed E-state index contributed by atoms with van der Waals surface area (Å²) in [6.07, 6.45) is 5.92. The fraction of sp³-hybridized carbons (Fsp3) is 0.304. The number of nitrogens with zero attached hydrogens (tertiary/aromatic N) is 1. The monoisotopic (exact) mass is 364 g/mol. The molecule has 1 unspecified atom stereocenters. The summed E-state index contributed by atoms with van der Waals surface area (Å²) in [6, 6.07) is 16.1. The topological polar surface area (TPSA) is 33.7 Å². The number of hydrogen-bond donors (Lipinski definition) is 1. The molecule has 1 aliphatic rings. The number of para-hydroxylation sites is 4. The van der Waals surface area contributed by atoms with E-state index in [0.29, 0.717) is 5.76 Å². The lowest BCUT2D eigenvalue weighted by atomic mass is 10.2. The molecule has 0 aromatic heterocycles. The molecule has 1 aliphatic heterocycles. The van der Waals surface area contributed by atoms with Crippen molar-refractivity contribution in [3.05, 3.63) is 73.0 Å². The Morgan fingerprint density at radius 3 is 2.78 bits per heavy atom. The standard InChI is InChI=1S/C23H28N2O2/c1-4-24-19-13-7-9-15-21(19)26-18(3)12-6-11-17-23-25(5-2)20-14-8-10-16-22(20)27-23/h6-10,12-16,23-24H,3-5,11,17H2,1-2H3. The lowest BCUT2D eigenvalue weighted by molar-refractivity contribution is 0.215. The maximum atomic E-state index is 6.09. The quantitative estimate of drug-likeness (QED) is 0.464.